The Morgan fingerprint density at radius 1 is 0.562 bits per heavy atom. The largest absolute Gasteiger partial charge is 0.489 e. The Kier molecular flexibility index (Phi) is 6.41. The van der Waals surface area contributed by atoms with Crippen LogP contribution in [-0.2, 0) is 6.61 Å². The van der Waals surface area contributed by atoms with Crippen LogP contribution in [0.5, 0.6) is 5.75 Å². The maximum atomic E-state index is 14.3. The Morgan fingerprint density at radius 3 is 1.56 bits per heavy atom. The van der Waals surface area contributed by atoms with E-state index in [0.717, 1.165) is 5.56 Å². The van der Waals surface area contributed by atoms with E-state index >= 15 is 0 Å². The molecule has 0 spiro atoms. The smallest absolute Gasteiger partial charge is 0.417 e. The van der Waals surface area contributed by atoms with E-state index in [1.807, 2.05) is 30.3 Å². The molecule has 32 heavy (non-hydrogen) atoms. The molecule has 0 unspecified atom stereocenters. The summed E-state index contributed by atoms with van der Waals surface area (Å²) in [5.74, 6) is 0.596. The van der Waals surface area contributed by atoms with E-state index in [4.69, 9.17) is 4.74 Å². The Morgan fingerprint density at radius 2 is 1.03 bits per heavy atom. The van der Waals surface area contributed by atoms with Crippen LogP contribution in [-0.4, -0.2) is 6.18 Å². The molecule has 0 heterocycles. The van der Waals surface area contributed by atoms with E-state index in [9.17, 15) is 13.2 Å². The summed E-state index contributed by atoms with van der Waals surface area (Å²) in [6, 6.07) is 33.1. The van der Waals surface area contributed by atoms with Crippen LogP contribution >= 0.6 is 0 Å². The summed E-state index contributed by atoms with van der Waals surface area (Å²) in [5, 5.41) is 0. The van der Waals surface area contributed by atoms with Crippen LogP contribution in [0.15, 0.2) is 115 Å². The summed E-state index contributed by atoms with van der Waals surface area (Å²) in [6.45, 7) is 0.388. The van der Waals surface area contributed by atoms with Gasteiger partial charge in [-0.3, -0.25) is 0 Å². The first-order valence-corrected chi connectivity index (χ1v) is 10.2. The molecule has 4 aromatic carbocycles. The Labute approximate surface area is 185 Å². The average Bonchev–Trinajstić information content (AvgIpc) is 2.82. The van der Waals surface area contributed by atoms with Gasteiger partial charge in [-0.2, -0.15) is 13.2 Å². The third-order valence-corrected chi connectivity index (χ3v) is 5.05. The molecule has 0 atom stereocenters. The van der Waals surface area contributed by atoms with Gasteiger partial charge in [-0.25, -0.2) is 0 Å². The zero-order chi connectivity index (χ0) is 22.4. The summed E-state index contributed by atoms with van der Waals surface area (Å²) >= 11 is 0. The van der Waals surface area contributed by atoms with Crippen molar-refractivity contribution < 1.29 is 17.9 Å². The summed E-state index contributed by atoms with van der Waals surface area (Å²) in [4.78, 5) is 0. The topological polar surface area (TPSA) is 9.23 Å². The Hall–Kier alpha value is -3.79. The van der Waals surface area contributed by atoms with Gasteiger partial charge in [0.2, 0.25) is 0 Å². The minimum absolute atomic E-state index is 0.128. The number of hydrogen-bond acceptors (Lipinski definition) is 1. The fraction of sp³-hybridized carbons (Fsp3) is 0.0714. The van der Waals surface area contributed by atoms with Crippen LogP contribution in [0.25, 0.3) is 11.1 Å². The standard InChI is InChI=1S/C28H21F3O/c29-28(30,31)27(24-14-8-3-9-15-24)26(22-12-6-2-7-13-22)23-16-18-25(19-17-23)32-20-21-10-4-1-5-11-21/h1-19H,20H2/b27-26+. The lowest BCUT2D eigenvalue weighted by molar-refractivity contribution is -0.0685. The van der Waals surface area contributed by atoms with Gasteiger partial charge >= 0.3 is 6.18 Å². The van der Waals surface area contributed by atoms with Gasteiger partial charge in [0, 0.05) is 5.57 Å². The number of ether oxygens (including phenoxy) is 1. The van der Waals surface area contributed by atoms with Gasteiger partial charge < -0.3 is 4.74 Å². The second-order valence-corrected chi connectivity index (χ2v) is 7.28. The molecule has 0 fully saturated rings. The molecule has 1 nitrogen and oxygen atoms in total. The summed E-state index contributed by atoms with van der Waals surface area (Å²) in [5.41, 5.74) is 1.59. The molecular formula is C28H21F3O. The number of hydrogen-bond donors (Lipinski definition) is 0. The third kappa shape index (κ3) is 5.09. The molecule has 0 aliphatic carbocycles. The van der Waals surface area contributed by atoms with Crippen molar-refractivity contribution in [2.24, 2.45) is 0 Å². The second-order valence-electron chi connectivity index (χ2n) is 7.28. The van der Waals surface area contributed by atoms with Crippen molar-refractivity contribution in [2.75, 3.05) is 0 Å². The highest BCUT2D eigenvalue weighted by Crippen LogP contribution is 2.42. The lowest BCUT2D eigenvalue weighted by Gasteiger charge is -2.20. The molecule has 160 valence electrons. The molecule has 0 saturated carbocycles. The highest BCUT2D eigenvalue weighted by atomic mass is 19.4. The fourth-order valence-electron chi connectivity index (χ4n) is 3.57. The first-order valence-electron chi connectivity index (χ1n) is 10.2. The second kappa shape index (κ2) is 9.56. The van der Waals surface area contributed by atoms with Gasteiger partial charge in [-0.1, -0.05) is 103 Å². The maximum absolute atomic E-state index is 14.3. The Bertz CT molecular complexity index is 1160. The van der Waals surface area contributed by atoms with Crippen LogP contribution < -0.4 is 4.74 Å². The van der Waals surface area contributed by atoms with Crippen LogP contribution in [0.3, 0.4) is 0 Å². The zero-order valence-electron chi connectivity index (χ0n) is 17.2. The first-order chi connectivity index (χ1) is 15.5. The zero-order valence-corrected chi connectivity index (χ0v) is 17.2. The highest BCUT2D eigenvalue weighted by molar-refractivity contribution is 6.00. The summed E-state index contributed by atoms with van der Waals surface area (Å²) < 4.78 is 48.8. The maximum Gasteiger partial charge on any atom is 0.417 e. The van der Waals surface area contributed by atoms with Gasteiger partial charge in [0.15, 0.2) is 0 Å². The molecule has 0 N–H and O–H groups in total. The molecule has 0 radical (unpaired) electrons. The van der Waals surface area contributed by atoms with Gasteiger partial charge in [0.05, 0.1) is 5.57 Å². The third-order valence-electron chi connectivity index (χ3n) is 5.05. The van der Waals surface area contributed by atoms with Crippen molar-refractivity contribution in [3.05, 3.63) is 138 Å². The van der Waals surface area contributed by atoms with E-state index in [0.29, 0.717) is 23.5 Å². The molecule has 4 heteroatoms. The fourth-order valence-corrected chi connectivity index (χ4v) is 3.57. The van der Waals surface area contributed by atoms with Crippen LogP contribution in [0, 0.1) is 0 Å². The van der Waals surface area contributed by atoms with E-state index < -0.39 is 11.7 Å². The average molecular weight is 430 g/mol. The normalized spacial score (nSPS) is 12.2. The molecule has 0 bridgehead atoms. The van der Waals surface area contributed by atoms with Crippen LogP contribution in [0.2, 0.25) is 0 Å². The number of alkyl halides is 3. The van der Waals surface area contributed by atoms with E-state index in [-0.39, 0.29) is 11.1 Å². The van der Waals surface area contributed by atoms with E-state index in [1.54, 1.807) is 72.8 Å². The highest BCUT2D eigenvalue weighted by Gasteiger charge is 2.38. The number of rotatable bonds is 6. The molecule has 4 rings (SSSR count). The first kappa shape index (κ1) is 21.4. The van der Waals surface area contributed by atoms with Crippen molar-refractivity contribution >= 4 is 11.1 Å². The molecule has 4 aromatic rings. The molecule has 0 saturated heterocycles. The van der Waals surface area contributed by atoms with Crippen molar-refractivity contribution in [1.82, 2.24) is 0 Å². The van der Waals surface area contributed by atoms with Gasteiger partial charge in [0.25, 0.3) is 0 Å². The monoisotopic (exact) mass is 430 g/mol. The predicted molar refractivity (Wildman–Crippen MR) is 122 cm³/mol. The quantitative estimate of drug-likeness (QED) is 0.284. The van der Waals surface area contributed by atoms with Crippen molar-refractivity contribution in [1.29, 1.82) is 0 Å². The minimum Gasteiger partial charge on any atom is -0.489 e. The van der Waals surface area contributed by atoms with Crippen molar-refractivity contribution in [2.45, 2.75) is 12.8 Å². The molecule has 0 aliphatic heterocycles. The van der Waals surface area contributed by atoms with Gasteiger partial charge in [0.1, 0.15) is 12.4 Å². The summed E-state index contributed by atoms with van der Waals surface area (Å²) in [6.07, 6.45) is -4.53. The lowest BCUT2D eigenvalue weighted by atomic mass is 9.89. The number of halogens is 3. The minimum atomic E-state index is -4.53. The predicted octanol–water partition coefficient (Wildman–Crippen LogP) is 7.79. The van der Waals surface area contributed by atoms with Crippen LogP contribution in [0.1, 0.15) is 22.3 Å². The SMILES string of the molecule is FC(F)(F)/C(=C(\c1ccccc1)c1ccc(OCc2ccccc2)cc1)c1ccccc1. The molecule has 0 aliphatic rings. The molecule has 0 amide bonds. The lowest BCUT2D eigenvalue weighted by Crippen LogP contribution is -2.14. The number of allylic oxidation sites excluding steroid dienone is 1. The summed E-state index contributed by atoms with van der Waals surface area (Å²) in [7, 11) is 0. The van der Waals surface area contributed by atoms with Crippen molar-refractivity contribution in [3.8, 4) is 5.75 Å². The van der Waals surface area contributed by atoms with E-state index in [2.05, 4.69) is 0 Å². The van der Waals surface area contributed by atoms with Gasteiger partial charge in [-0.15, -0.1) is 0 Å². The molecule has 0 aromatic heterocycles. The van der Waals surface area contributed by atoms with Crippen molar-refractivity contribution in [3.63, 3.8) is 0 Å². The molecular weight excluding hydrogens is 409 g/mol. The van der Waals surface area contributed by atoms with Crippen LogP contribution in [0.4, 0.5) is 13.2 Å². The Balaban J connectivity index is 1.77. The van der Waals surface area contributed by atoms with Gasteiger partial charge in [-0.05, 0) is 34.4 Å². The van der Waals surface area contributed by atoms with E-state index in [1.165, 1.54) is 12.1 Å². The number of benzene rings is 4.